The molecule has 0 fully saturated rings. The maximum absolute atomic E-state index is 11.5. The minimum Gasteiger partial charge on any atom is -0.364 e. The highest BCUT2D eigenvalue weighted by Crippen LogP contribution is 2.13. The van der Waals surface area contributed by atoms with Crippen LogP contribution in [0.25, 0.3) is 0 Å². The maximum Gasteiger partial charge on any atom is 0.269 e. The average molecular weight is 225 g/mol. The second-order valence-electron chi connectivity index (χ2n) is 3.36. The molecule has 16 heavy (non-hydrogen) atoms. The normalized spacial score (nSPS) is 12.1. The zero-order valence-electron chi connectivity index (χ0n) is 9.01. The number of nitrogens with zero attached hydrogens (tertiary/aromatic N) is 2. The fraction of sp³-hybridized carbons (Fsp3) is 0.444. The highest BCUT2D eigenvalue weighted by molar-refractivity contribution is 5.90. The van der Waals surface area contributed by atoms with Crippen LogP contribution < -0.4 is 17.0 Å². The van der Waals surface area contributed by atoms with E-state index in [-0.39, 0.29) is 11.6 Å². The lowest BCUT2D eigenvalue weighted by molar-refractivity contribution is -0.124. The van der Waals surface area contributed by atoms with E-state index < -0.39 is 11.9 Å². The summed E-state index contributed by atoms with van der Waals surface area (Å²) in [6.07, 6.45) is 2.92. The molecule has 0 saturated heterocycles. The first kappa shape index (κ1) is 12.2. The number of nitrogens with two attached hydrogens (primary N) is 2. The van der Waals surface area contributed by atoms with E-state index in [4.69, 9.17) is 11.6 Å². The van der Waals surface area contributed by atoms with Crippen LogP contribution in [0.15, 0.2) is 12.3 Å². The molecule has 1 rings (SSSR count). The lowest BCUT2D eigenvalue weighted by Gasteiger charge is -2.14. The Labute approximate surface area is 92.8 Å². The maximum atomic E-state index is 11.5. The van der Waals surface area contributed by atoms with Gasteiger partial charge in [0.15, 0.2) is 0 Å². The second kappa shape index (κ2) is 5.26. The molecule has 7 nitrogen and oxygen atoms in total. The summed E-state index contributed by atoms with van der Waals surface area (Å²) in [5.41, 5.74) is 7.27. The fourth-order valence-electron chi connectivity index (χ4n) is 1.40. The van der Waals surface area contributed by atoms with E-state index >= 15 is 0 Å². The third kappa shape index (κ3) is 2.57. The van der Waals surface area contributed by atoms with Gasteiger partial charge in [0.05, 0.1) is 0 Å². The Morgan fingerprint density at radius 3 is 2.75 bits per heavy atom. The van der Waals surface area contributed by atoms with E-state index in [2.05, 4.69) is 10.5 Å². The van der Waals surface area contributed by atoms with Gasteiger partial charge in [-0.1, -0.05) is 13.3 Å². The van der Waals surface area contributed by atoms with Crippen molar-refractivity contribution in [1.29, 1.82) is 0 Å². The smallest absolute Gasteiger partial charge is 0.269 e. The largest absolute Gasteiger partial charge is 0.364 e. The van der Waals surface area contributed by atoms with E-state index in [0.717, 1.165) is 6.42 Å². The molecule has 0 aliphatic carbocycles. The Balaban J connectivity index is 2.92. The summed E-state index contributed by atoms with van der Waals surface area (Å²) in [6.45, 7) is 1.94. The number of hydrogen-bond acceptors (Lipinski definition) is 4. The SMILES string of the molecule is CCCC(C(=O)NN)n1ccc(C(N)=O)n1. The van der Waals surface area contributed by atoms with Crippen LogP contribution >= 0.6 is 0 Å². The number of rotatable bonds is 5. The Kier molecular flexibility index (Phi) is 4.01. The highest BCUT2D eigenvalue weighted by Gasteiger charge is 2.20. The minimum absolute atomic E-state index is 0.130. The van der Waals surface area contributed by atoms with Crippen molar-refractivity contribution in [3.05, 3.63) is 18.0 Å². The van der Waals surface area contributed by atoms with Gasteiger partial charge in [0.2, 0.25) is 0 Å². The van der Waals surface area contributed by atoms with Gasteiger partial charge < -0.3 is 5.73 Å². The van der Waals surface area contributed by atoms with Gasteiger partial charge in [0.25, 0.3) is 11.8 Å². The number of hydrogen-bond donors (Lipinski definition) is 3. The van der Waals surface area contributed by atoms with Crippen molar-refractivity contribution in [2.24, 2.45) is 11.6 Å². The molecule has 0 aromatic carbocycles. The molecule has 2 amide bonds. The van der Waals surface area contributed by atoms with Crippen molar-refractivity contribution in [1.82, 2.24) is 15.2 Å². The first-order chi connectivity index (χ1) is 7.60. The Hall–Kier alpha value is -1.89. The lowest BCUT2D eigenvalue weighted by atomic mass is 10.1. The Morgan fingerprint density at radius 2 is 2.31 bits per heavy atom. The van der Waals surface area contributed by atoms with Crippen molar-refractivity contribution in [3.63, 3.8) is 0 Å². The van der Waals surface area contributed by atoms with Gasteiger partial charge in [0, 0.05) is 6.20 Å². The van der Waals surface area contributed by atoms with Crippen LogP contribution in [0, 0.1) is 0 Å². The molecule has 0 saturated carbocycles. The zero-order chi connectivity index (χ0) is 12.1. The van der Waals surface area contributed by atoms with Crippen molar-refractivity contribution >= 4 is 11.8 Å². The number of nitrogens with one attached hydrogen (secondary N) is 1. The molecule has 7 heteroatoms. The standard InChI is InChI=1S/C9H15N5O2/c1-2-3-7(9(16)12-11)14-5-4-6(13-14)8(10)15/h4-5,7H,2-3,11H2,1H3,(H2,10,15)(H,12,16). The Morgan fingerprint density at radius 1 is 1.62 bits per heavy atom. The summed E-state index contributed by atoms with van der Waals surface area (Å²) in [4.78, 5) is 22.3. The predicted molar refractivity (Wildman–Crippen MR) is 57.0 cm³/mol. The van der Waals surface area contributed by atoms with Crippen LogP contribution in [0.1, 0.15) is 36.3 Å². The molecule has 5 N–H and O–H groups in total. The third-order valence-electron chi connectivity index (χ3n) is 2.19. The second-order valence-corrected chi connectivity index (χ2v) is 3.36. The highest BCUT2D eigenvalue weighted by atomic mass is 16.2. The number of carbonyl (C=O) groups is 2. The van der Waals surface area contributed by atoms with E-state index in [0.29, 0.717) is 6.42 Å². The van der Waals surface area contributed by atoms with Crippen LogP contribution in [-0.2, 0) is 4.79 Å². The average Bonchev–Trinajstić information content (AvgIpc) is 2.74. The summed E-state index contributed by atoms with van der Waals surface area (Å²) in [6, 6.07) is 0.956. The number of hydrazine groups is 1. The number of aromatic nitrogens is 2. The van der Waals surface area contributed by atoms with E-state index in [9.17, 15) is 9.59 Å². The van der Waals surface area contributed by atoms with E-state index in [1.54, 1.807) is 0 Å². The van der Waals surface area contributed by atoms with Gasteiger partial charge >= 0.3 is 0 Å². The molecule has 1 atom stereocenters. The Bertz CT molecular complexity index is 387. The molecule has 0 bridgehead atoms. The third-order valence-corrected chi connectivity index (χ3v) is 2.19. The van der Waals surface area contributed by atoms with Crippen molar-refractivity contribution < 1.29 is 9.59 Å². The van der Waals surface area contributed by atoms with Gasteiger partial charge in [-0.05, 0) is 12.5 Å². The number of carbonyl (C=O) groups excluding carboxylic acids is 2. The van der Waals surface area contributed by atoms with E-state index in [1.165, 1.54) is 16.9 Å². The predicted octanol–water partition coefficient (Wildman–Crippen LogP) is -0.687. The number of primary amides is 1. The molecule has 1 aromatic rings. The van der Waals surface area contributed by atoms with Crippen LogP contribution in [0.4, 0.5) is 0 Å². The monoisotopic (exact) mass is 225 g/mol. The fourth-order valence-corrected chi connectivity index (χ4v) is 1.40. The number of amides is 2. The van der Waals surface area contributed by atoms with Crippen LogP contribution in [0.3, 0.4) is 0 Å². The molecule has 1 unspecified atom stereocenters. The van der Waals surface area contributed by atoms with Crippen molar-refractivity contribution in [2.45, 2.75) is 25.8 Å². The molecule has 0 spiro atoms. The molecular weight excluding hydrogens is 210 g/mol. The molecule has 88 valence electrons. The zero-order valence-corrected chi connectivity index (χ0v) is 9.01. The van der Waals surface area contributed by atoms with Crippen LogP contribution in [0.5, 0.6) is 0 Å². The van der Waals surface area contributed by atoms with Crippen molar-refractivity contribution in [3.8, 4) is 0 Å². The molecule has 0 aliphatic heterocycles. The summed E-state index contributed by atoms with van der Waals surface area (Å²) in [7, 11) is 0. The molecule has 0 radical (unpaired) electrons. The van der Waals surface area contributed by atoms with E-state index in [1.807, 2.05) is 6.92 Å². The molecular formula is C9H15N5O2. The van der Waals surface area contributed by atoms with Gasteiger partial charge in [0.1, 0.15) is 11.7 Å². The van der Waals surface area contributed by atoms with Gasteiger partial charge in [-0.15, -0.1) is 0 Å². The first-order valence-corrected chi connectivity index (χ1v) is 4.95. The first-order valence-electron chi connectivity index (χ1n) is 4.95. The summed E-state index contributed by atoms with van der Waals surface area (Å²) in [5, 5.41) is 3.92. The summed E-state index contributed by atoms with van der Waals surface area (Å²) in [5.74, 6) is 4.11. The van der Waals surface area contributed by atoms with Crippen LogP contribution in [0.2, 0.25) is 0 Å². The summed E-state index contributed by atoms with van der Waals surface area (Å²) < 4.78 is 1.39. The van der Waals surface area contributed by atoms with Crippen LogP contribution in [-0.4, -0.2) is 21.6 Å². The molecule has 1 heterocycles. The minimum atomic E-state index is -0.623. The quantitative estimate of drug-likeness (QED) is 0.349. The van der Waals surface area contributed by atoms with Gasteiger partial charge in [-0.25, -0.2) is 5.84 Å². The molecule has 0 aliphatic rings. The molecule has 1 aromatic heterocycles. The van der Waals surface area contributed by atoms with Gasteiger partial charge in [-0.2, -0.15) is 5.10 Å². The van der Waals surface area contributed by atoms with Crippen molar-refractivity contribution in [2.75, 3.05) is 0 Å². The summed E-state index contributed by atoms with van der Waals surface area (Å²) >= 11 is 0. The van der Waals surface area contributed by atoms with Gasteiger partial charge in [-0.3, -0.25) is 19.7 Å². The topological polar surface area (TPSA) is 116 Å². The lowest BCUT2D eigenvalue weighted by Crippen LogP contribution is -2.37.